The van der Waals surface area contributed by atoms with Crippen molar-refractivity contribution in [2.45, 2.75) is 33.2 Å². The molecule has 1 saturated heterocycles. The Morgan fingerprint density at radius 2 is 1.69 bits per heavy atom. The van der Waals surface area contributed by atoms with Crippen molar-refractivity contribution in [1.29, 1.82) is 0 Å². The van der Waals surface area contributed by atoms with Gasteiger partial charge in [-0.05, 0) is 57.0 Å². The van der Waals surface area contributed by atoms with Gasteiger partial charge in [0.25, 0.3) is 5.91 Å². The number of carbonyl (C=O) groups excluding carboxylic acids is 3. The van der Waals surface area contributed by atoms with Crippen LogP contribution in [0.3, 0.4) is 0 Å². The van der Waals surface area contributed by atoms with E-state index in [0.717, 1.165) is 22.6 Å². The van der Waals surface area contributed by atoms with Gasteiger partial charge in [-0.15, -0.1) is 0 Å². The van der Waals surface area contributed by atoms with Crippen molar-refractivity contribution >= 4 is 23.4 Å². The Labute approximate surface area is 210 Å². The number of aromatic nitrogens is 2. The quantitative estimate of drug-likeness (QED) is 0.561. The van der Waals surface area contributed by atoms with Gasteiger partial charge in [0.05, 0.1) is 28.9 Å². The number of aryl methyl sites for hydroxylation is 1. The van der Waals surface area contributed by atoms with Crippen LogP contribution in [0.1, 0.15) is 40.2 Å². The van der Waals surface area contributed by atoms with E-state index in [4.69, 9.17) is 0 Å². The highest BCUT2D eigenvalue weighted by Crippen LogP contribution is 2.32. The molecule has 5 rings (SSSR count). The van der Waals surface area contributed by atoms with Crippen molar-refractivity contribution < 1.29 is 14.4 Å². The summed E-state index contributed by atoms with van der Waals surface area (Å²) >= 11 is 0. The molecule has 3 aromatic rings. The minimum Gasteiger partial charge on any atom is -0.337 e. The maximum absolute atomic E-state index is 13.4. The molecule has 1 fully saturated rings. The van der Waals surface area contributed by atoms with Crippen molar-refractivity contribution in [1.82, 2.24) is 20.1 Å². The number of hydrazine groups is 1. The van der Waals surface area contributed by atoms with Crippen LogP contribution >= 0.6 is 0 Å². The summed E-state index contributed by atoms with van der Waals surface area (Å²) < 4.78 is 1.89. The molecule has 0 bridgehead atoms. The van der Waals surface area contributed by atoms with Gasteiger partial charge in [0.15, 0.2) is 0 Å². The highest BCUT2D eigenvalue weighted by atomic mass is 16.2. The number of fused-ring (bicyclic) bond motifs is 1. The average Bonchev–Trinajstić information content (AvgIpc) is 3.19. The standard InChI is InChI=1S/C28H29N5O3/c1-18-25(19(2)32(29-18)21-11-5-4-6-12-21)17-31(3)27(35)20-10-9-13-22(16-20)33-28(36)24-15-8-7-14-23(24)26(34)30-33/h4-13,16,23-24H,14-15,17H2,1-3H3,(H,30,34)/t23-,24+/m1/s1. The van der Waals surface area contributed by atoms with Crippen LogP contribution in [0.25, 0.3) is 5.69 Å². The molecule has 0 spiro atoms. The van der Waals surface area contributed by atoms with Gasteiger partial charge in [0, 0.05) is 30.4 Å². The van der Waals surface area contributed by atoms with Crippen LogP contribution in [0.2, 0.25) is 0 Å². The van der Waals surface area contributed by atoms with Gasteiger partial charge in [-0.1, -0.05) is 36.4 Å². The molecule has 1 aliphatic carbocycles. The highest BCUT2D eigenvalue weighted by molar-refractivity contribution is 6.05. The largest absolute Gasteiger partial charge is 0.337 e. The van der Waals surface area contributed by atoms with Crippen LogP contribution in [0.4, 0.5) is 5.69 Å². The fourth-order valence-electron chi connectivity index (χ4n) is 5.01. The number of carbonyl (C=O) groups is 3. The maximum atomic E-state index is 13.4. The van der Waals surface area contributed by atoms with Crippen molar-refractivity contribution in [3.8, 4) is 5.69 Å². The van der Waals surface area contributed by atoms with E-state index in [9.17, 15) is 14.4 Å². The minimum absolute atomic E-state index is 0.151. The second-order valence-electron chi connectivity index (χ2n) is 9.41. The van der Waals surface area contributed by atoms with Gasteiger partial charge < -0.3 is 4.90 Å². The molecule has 2 heterocycles. The number of nitrogens with zero attached hydrogens (tertiary/aromatic N) is 4. The number of benzene rings is 2. The number of amides is 3. The molecule has 3 amide bonds. The van der Waals surface area contributed by atoms with Crippen LogP contribution in [0.5, 0.6) is 0 Å². The normalized spacial score (nSPS) is 19.1. The zero-order valence-corrected chi connectivity index (χ0v) is 20.6. The summed E-state index contributed by atoms with van der Waals surface area (Å²) in [5.41, 5.74) is 7.43. The van der Waals surface area contributed by atoms with Crippen LogP contribution in [-0.2, 0) is 16.1 Å². The molecule has 184 valence electrons. The number of para-hydroxylation sites is 1. The highest BCUT2D eigenvalue weighted by Gasteiger charge is 2.42. The summed E-state index contributed by atoms with van der Waals surface area (Å²) in [7, 11) is 1.75. The summed E-state index contributed by atoms with van der Waals surface area (Å²) in [6.45, 7) is 4.34. The van der Waals surface area contributed by atoms with E-state index in [1.54, 1.807) is 36.2 Å². The van der Waals surface area contributed by atoms with E-state index < -0.39 is 0 Å². The molecule has 2 atom stereocenters. The number of hydrogen-bond donors (Lipinski definition) is 1. The molecular weight excluding hydrogens is 454 g/mol. The summed E-state index contributed by atoms with van der Waals surface area (Å²) in [6.07, 6.45) is 5.02. The first-order chi connectivity index (χ1) is 17.3. The van der Waals surface area contributed by atoms with Crippen molar-refractivity contribution in [3.05, 3.63) is 89.3 Å². The van der Waals surface area contributed by atoms with Crippen LogP contribution in [0.15, 0.2) is 66.7 Å². The monoisotopic (exact) mass is 483 g/mol. The van der Waals surface area contributed by atoms with Gasteiger partial charge >= 0.3 is 0 Å². The molecule has 1 N–H and O–H groups in total. The molecule has 2 aliphatic rings. The number of allylic oxidation sites excluding steroid dienone is 2. The van der Waals surface area contributed by atoms with E-state index in [0.29, 0.717) is 30.6 Å². The summed E-state index contributed by atoms with van der Waals surface area (Å²) in [5, 5.41) is 5.97. The summed E-state index contributed by atoms with van der Waals surface area (Å²) in [5.74, 6) is -1.21. The molecule has 0 radical (unpaired) electrons. The SMILES string of the molecule is Cc1nn(-c2ccccc2)c(C)c1CN(C)C(=O)c1cccc(N2NC(=O)[C@@H]3CC=CC[C@@H]3C2=O)c1. The van der Waals surface area contributed by atoms with E-state index in [2.05, 4.69) is 10.5 Å². The zero-order valence-electron chi connectivity index (χ0n) is 20.6. The van der Waals surface area contributed by atoms with Crippen LogP contribution in [0, 0.1) is 25.7 Å². The number of hydrogen-bond acceptors (Lipinski definition) is 4. The summed E-state index contributed by atoms with van der Waals surface area (Å²) in [4.78, 5) is 40.8. The van der Waals surface area contributed by atoms with Crippen LogP contribution < -0.4 is 10.4 Å². The fourth-order valence-corrected chi connectivity index (χ4v) is 5.01. The zero-order chi connectivity index (χ0) is 25.4. The smallest absolute Gasteiger partial charge is 0.253 e. The third-order valence-electron chi connectivity index (χ3n) is 7.06. The topological polar surface area (TPSA) is 87.5 Å². The molecule has 36 heavy (non-hydrogen) atoms. The first kappa shape index (κ1) is 23.5. The third-order valence-corrected chi connectivity index (χ3v) is 7.06. The number of rotatable bonds is 5. The first-order valence-corrected chi connectivity index (χ1v) is 12.1. The Kier molecular flexibility index (Phi) is 6.18. The van der Waals surface area contributed by atoms with Crippen molar-refractivity contribution in [2.24, 2.45) is 11.8 Å². The van der Waals surface area contributed by atoms with E-state index in [-0.39, 0.29) is 29.6 Å². The maximum Gasteiger partial charge on any atom is 0.253 e. The van der Waals surface area contributed by atoms with Gasteiger partial charge in [0.1, 0.15) is 0 Å². The molecule has 1 aliphatic heterocycles. The predicted molar refractivity (Wildman–Crippen MR) is 136 cm³/mol. The van der Waals surface area contributed by atoms with Gasteiger partial charge in [-0.3, -0.25) is 19.8 Å². The average molecular weight is 484 g/mol. The third kappa shape index (κ3) is 4.19. The van der Waals surface area contributed by atoms with Crippen LogP contribution in [-0.4, -0.2) is 39.4 Å². The van der Waals surface area contributed by atoms with E-state index in [1.165, 1.54) is 5.01 Å². The lowest BCUT2D eigenvalue weighted by Gasteiger charge is -2.38. The Balaban J connectivity index is 1.35. The molecular formula is C28H29N5O3. The summed E-state index contributed by atoms with van der Waals surface area (Å²) in [6, 6.07) is 16.7. The first-order valence-electron chi connectivity index (χ1n) is 12.1. The molecule has 0 unspecified atom stereocenters. The lowest BCUT2D eigenvalue weighted by Crippen LogP contribution is -2.59. The molecule has 2 aromatic carbocycles. The van der Waals surface area contributed by atoms with E-state index in [1.807, 2.05) is 61.0 Å². The Hall–Kier alpha value is -4.20. The number of anilines is 1. The second-order valence-corrected chi connectivity index (χ2v) is 9.41. The van der Waals surface area contributed by atoms with Crippen molar-refractivity contribution in [2.75, 3.05) is 12.1 Å². The Bertz CT molecular complexity index is 1360. The van der Waals surface area contributed by atoms with E-state index >= 15 is 0 Å². The lowest BCUT2D eigenvalue weighted by molar-refractivity contribution is -0.139. The lowest BCUT2D eigenvalue weighted by atomic mass is 9.80. The Morgan fingerprint density at radius 3 is 2.44 bits per heavy atom. The van der Waals surface area contributed by atoms with Gasteiger partial charge in [-0.2, -0.15) is 5.10 Å². The molecule has 1 aromatic heterocycles. The molecule has 8 heteroatoms. The second kappa shape index (κ2) is 9.45. The van der Waals surface area contributed by atoms with Gasteiger partial charge in [-0.25, -0.2) is 9.69 Å². The Morgan fingerprint density at radius 1 is 1.00 bits per heavy atom. The molecule has 0 saturated carbocycles. The molecule has 8 nitrogen and oxygen atoms in total. The van der Waals surface area contributed by atoms with Gasteiger partial charge in [0.2, 0.25) is 11.8 Å². The van der Waals surface area contributed by atoms with Crippen molar-refractivity contribution in [3.63, 3.8) is 0 Å². The number of nitrogens with one attached hydrogen (secondary N) is 1. The predicted octanol–water partition coefficient (Wildman–Crippen LogP) is 3.72. The minimum atomic E-state index is -0.377. The fraction of sp³-hybridized carbons (Fsp3) is 0.286.